The first kappa shape index (κ1) is 18.4. The molecule has 0 radical (unpaired) electrons. The van der Waals surface area contributed by atoms with Gasteiger partial charge in [0.15, 0.2) is 0 Å². The van der Waals surface area contributed by atoms with Gasteiger partial charge in [-0.2, -0.15) is 0 Å². The molecule has 0 aliphatic carbocycles. The van der Waals surface area contributed by atoms with Crippen molar-refractivity contribution in [3.05, 3.63) is 70.7 Å². The van der Waals surface area contributed by atoms with Crippen LogP contribution in [0.2, 0.25) is 5.02 Å². The van der Waals surface area contributed by atoms with Crippen LogP contribution in [0.3, 0.4) is 0 Å². The zero-order valence-electron chi connectivity index (χ0n) is 13.6. The third kappa shape index (κ3) is 4.23. The normalized spacial score (nSPS) is 11.4. The van der Waals surface area contributed by atoms with Crippen LogP contribution in [0.25, 0.3) is 10.8 Å². The largest absolute Gasteiger partial charge is 0.524 e. The van der Waals surface area contributed by atoms with Crippen LogP contribution in [0.5, 0.6) is 5.75 Å². The van der Waals surface area contributed by atoms with E-state index in [-0.39, 0.29) is 11.3 Å². The molecular weight excluding hydrogens is 377 g/mol. The van der Waals surface area contributed by atoms with Crippen molar-refractivity contribution in [1.82, 2.24) is 0 Å². The van der Waals surface area contributed by atoms with E-state index < -0.39 is 13.7 Å². The Kier molecular flexibility index (Phi) is 5.03. The third-order valence-electron chi connectivity index (χ3n) is 3.75. The molecule has 0 aliphatic heterocycles. The number of aryl methyl sites for hydroxylation is 1. The number of carbonyl (C=O) groups excluding carboxylic acids is 1. The van der Waals surface area contributed by atoms with Gasteiger partial charge in [-0.1, -0.05) is 35.9 Å². The number of amides is 1. The van der Waals surface area contributed by atoms with E-state index in [9.17, 15) is 9.36 Å². The molecule has 0 spiro atoms. The molecular formula is C18H15ClNO5P. The zero-order chi connectivity index (χ0) is 18.9. The Labute approximate surface area is 154 Å². The molecule has 3 aromatic carbocycles. The summed E-state index contributed by atoms with van der Waals surface area (Å²) >= 11 is 5.91. The maximum absolute atomic E-state index is 12.7. The SMILES string of the molecule is Cc1cc(Cl)ccc1NC(=O)c1cc2ccccc2cc1OP(=O)(O)O. The van der Waals surface area contributed by atoms with E-state index in [0.717, 1.165) is 10.9 Å². The Morgan fingerprint density at radius 3 is 2.35 bits per heavy atom. The minimum Gasteiger partial charge on any atom is -0.403 e. The van der Waals surface area contributed by atoms with Gasteiger partial charge in [0.1, 0.15) is 5.75 Å². The topological polar surface area (TPSA) is 95.9 Å². The van der Waals surface area contributed by atoms with Crippen LogP contribution in [0.15, 0.2) is 54.6 Å². The number of hydrogen-bond donors (Lipinski definition) is 3. The summed E-state index contributed by atoms with van der Waals surface area (Å²) in [7, 11) is -4.83. The van der Waals surface area contributed by atoms with Gasteiger partial charge in [0.25, 0.3) is 5.91 Å². The summed E-state index contributed by atoms with van der Waals surface area (Å²) in [5, 5.41) is 4.68. The number of phosphoric ester groups is 1. The minimum absolute atomic E-state index is 0.0152. The first-order valence-electron chi connectivity index (χ1n) is 7.58. The molecule has 8 heteroatoms. The molecule has 0 aliphatic rings. The monoisotopic (exact) mass is 391 g/mol. The van der Waals surface area contributed by atoms with E-state index >= 15 is 0 Å². The molecule has 6 nitrogen and oxygen atoms in total. The predicted molar refractivity (Wildman–Crippen MR) is 101 cm³/mol. The summed E-state index contributed by atoms with van der Waals surface area (Å²) in [5.74, 6) is -0.745. The first-order valence-corrected chi connectivity index (χ1v) is 9.49. The van der Waals surface area contributed by atoms with Crippen LogP contribution in [0, 0.1) is 6.92 Å². The Bertz CT molecular complexity index is 1050. The van der Waals surface area contributed by atoms with Crippen molar-refractivity contribution in [3.63, 3.8) is 0 Å². The van der Waals surface area contributed by atoms with Crippen LogP contribution in [-0.4, -0.2) is 15.7 Å². The maximum atomic E-state index is 12.7. The first-order chi connectivity index (χ1) is 12.2. The van der Waals surface area contributed by atoms with Crippen molar-refractivity contribution in [2.75, 3.05) is 5.32 Å². The Morgan fingerprint density at radius 1 is 1.08 bits per heavy atom. The summed E-state index contributed by atoms with van der Waals surface area (Å²) in [6.07, 6.45) is 0. The average molecular weight is 392 g/mol. The van der Waals surface area contributed by atoms with Crippen LogP contribution < -0.4 is 9.84 Å². The van der Waals surface area contributed by atoms with Crippen LogP contribution in [0.4, 0.5) is 5.69 Å². The minimum atomic E-state index is -4.83. The van der Waals surface area contributed by atoms with Gasteiger partial charge in [0.2, 0.25) is 0 Å². The molecule has 0 unspecified atom stereocenters. The highest BCUT2D eigenvalue weighted by Crippen LogP contribution is 2.40. The molecule has 3 aromatic rings. The number of anilines is 1. The van der Waals surface area contributed by atoms with Gasteiger partial charge in [0.05, 0.1) is 5.56 Å². The maximum Gasteiger partial charge on any atom is 0.524 e. The number of halogens is 1. The van der Waals surface area contributed by atoms with E-state index in [1.54, 1.807) is 49.4 Å². The number of hydrogen-bond acceptors (Lipinski definition) is 3. The number of fused-ring (bicyclic) bond motifs is 1. The Balaban J connectivity index is 2.04. The van der Waals surface area contributed by atoms with Crippen molar-refractivity contribution >= 4 is 41.8 Å². The molecule has 1 amide bonds. The molecule has 3 N–H and O–H groups in total. The number of nitrogens with one attached hydrogen (secondary N) is 1. The zero-order valence-corrected chi connectivity index (χ0v) is 15.3. The fraction of sp³-hybridized carbons (Fsp3) is 0.0556. The lowest BCUT2D eigenvalue weighted by Crippen LogP contribution is -2.14. The number of phosphoric acid groups is 1. The van der Waals surface area contributed by atoms with Crippen LogP contribution >= 0.6 is 19.4 Å². The van der Waals surface area contributed by atoms with Gasteiger partial charge < -0.3 is 9.84 Å². The summed E-state index contributed by atoms with van der Waals surface area (Å²) < 4.78 is 16.0. The molecule has 0 bridgehead atoms. The van der Waals surface area contributed by atoms with Gasteiger partial charge in [-0.3, -0.25) is 14.6 Å². The molecule has 0 saturated heterocycles. The summed E-state index contributed by atoms with van der Waals surface area (Å²) in [6, 6.07) is 15.1. The fourth-order valence-electron chi connectivity index (χ4n) is 2.56. The van der Waals surface area contributed by atoms with E-state index in [1.165, 1.54) is 12.1 Å². The van der Waals surface area contributed by atoms with Crippen molar-refractivity contribution in [3.8, 4) is 5.75 Å². The van der Waals surface area contributed by atoms with Crippen molar-refractivity contribution < 1.29 is 23.7 Å². The highest BCUT2D eigenvalue weighted by molar-refractivity contribution is 7.46. The Hall–Kier alpha value is -2.37. The molecule has 0 atom stereocenters. The lowest BCUT2D eigenvalue weighted by molar-refractivity contribution is 0.102. The van der Waals surface area contributed by atoms with Gasteiger partial charge in [-0.25, -0.2) is 4.57 Å². The highest BCUT2D eigenvalue weighted by atomic mass is 35.5. The number of carbonyl (C=O) groups is 1. The molecule has 0 fully saturated rings. The van der Waals surface area contributed by atoms with Gasteiger partial charge in [-0.05, 0) is 53.6 Å². The van der Waals surface area contributed by atoms with Gasteiger partial charge in [0, 0.05) is 10.7 Å². The standard InChI is InChI=1S/C18H15ClNO5P/c1-11-8-14(19)6-7-16(11)20-18(21)15-9-12-4-2-3-5-13(12)10-17(15)25-26(22,23)24/h2-10H,1H3,(H,20,21)(H2,22,23,24). The summed E-state index contributed by atoms with van der Waals surface area (Å²) in [5.41, 5.74) is 1.31. The van der Waals surface area contributed by atoms with Crippen LogP contribution in [-0.2, 0) is 4.57 Å². The van der Waals surface area contributed by atoms with E-state index in [1.807, 2.05) is 0 Å². The fourth-order valence-corrected chi connectivity index (χ4v) is 3.19. The summed E-state index contributed by atoms with van der Waals surface area (Å²) in [6.45, 7) is 1.79. The lowest BCUT2D eigenvalue weighted by Gasteiger charge is -2.14. The second-order valence-corrected chi connectivity index (χ2v) is 7.29. The van der Waals surface area contributed by atoms with E-state index in [0.29, 0.717) is 16.1 Å². The molecule has 0 aromatic heterocycles. The molecule has 0 saturated carbocycles. The van der Waals surface area contributed by atoms with Gasteiger partial charge >= 0.3 is 7.82 Å². The molecule has 134 valence electrons. The van der Waals surface area contributed by atoms with Crippen LogP contribution in [0.1, 0.15) is 15.9 Å². The third-order valence-corrected chi connectivity index (χ3v) is 4.42. The predicted octanol–water partition coefficient (Wildman–Crippen LogP) is 4.53. The van der Waals surface area contributed by atoms with E-state index in [2.05, 4.69) is 5.32 Å². The van der Waals surface area contributed by atoms with Crippen molar-refractivity contribution in [2.24, 2.45) is 0 Å². The quantitative estimate of drug-likeness (QED) is 0.568. The number of benzene rings is 3. The average Bonchev–Trinajstić information content (AvgIpc) is 2.55. The van der Waals surface area contributed by atoms with Crippen molar-refractivity contribution in [2.45, 2.75) is 6.92 Å². The number of rotatable bonds is 4. The lowest BCUT2D eigenvalue weighted by atomic mass is 10.1. The molecule has 3 rings (SSSR count). The molecule has 26 heavy (non-hydrogen) atoms. The van der Waals surface area contributed by atoms with Gasteiger partial charge in [-0.15, -0.1) is 0 Å². The summed E-state index contributed by atoms with van der Waals surface area (Å²) in [4.78, 5) is 31.0. The highest BCUT2D eigenvalue weighted by Gasteiger charge is 2.22. The smallest absolute Gasteiger partial charge is 0.403 e. The second-order valence-electron chi connectivity index (χ2n) is 5.69. The van der Waals surface area contributed by atoms with E-state index in [4.69, 9.17) is 25.9 Å². The Morgan fingerprint density at radius 2 is 1.73 bits per heavy atom. The second kappa shape index (κ2) is 7.09. The van der Waals surface area contributed by atoms with Crippen molar-refractivity contribution in [1.29, 1.82) is 0 Å². The molecule has 0 heterocycles.